The maximum atomic E-state index is 11.6. The normalized spacial score (nSPS) is 15.2. The number of benzene rings is 1. The van der Waals surface area contributed by atoms with Gasteiger partial charge in [0, 0.05) is 5.92 Å². The Hall–Kier alpha value is -2.12. The highest BCUT2D eigenvalue weighted by atomic mass is 16.5. The van der Waals surface area contributed by atoms with E-state index in [2.05, 4.69) is 0 Å². The monoisotopic (exact) mass is 284 g/mol. The quantitative estimate of drug-likeness (QED) is 0.544. The van der Waals surface area contributed by atoms with Crippen LogP contribution in [0.4, 0.5) is 0 Å². The minimum absolute atomic E-state index is 0.00693. The van der Waals surface area contributed by atoms with Crippen LogP contribution in [-0.4, -0.2) is 45.1 Å². The van der Waals surface area contributed by atoms with Gasteiger partial charge in [-0.05, 0) is 17.7 Å². The summed E-state index contributed by atoms with van der Waals surface area (Å²) in [5, 5.41) is 36.6. The third kappa shape index (κ3) is 4.22. The van der Waals surface area contributed by atoms with Crippen molar-refractivity contribution >= 4 is 11.9 Å². The van der Waals surface area contributed by atoms with Gasteiger partial charge in [-0.3, -0.25) is 0 Å². The molecule has 4 N–H and O–H groups in total. The van der Waals surface area contributed by atoms with Crippen LogP contribution in [0.3, 0.4) is 0 Å². The highest BCUT2D eigenvalue weighted by molar-refractivity contribution is 5.76. The van der Waals surface area contributed by atoms with Gasteiger partial charge in [-0.1, -0.05) is 19.1 Å². The molecule has 3 atom stereocenters. The molecular weight excluding hydrogens is 268 g/mol. The van der Waals surface area contributed by atoms with Crippen molar-refractivity contribution in [1.82, 2.24) is 0 Å². The highest BCUT2D eigenvalue weighted by Gasteiger charge is 2.25. The van der Waals surface area contributed by atoms with Gasteiger partial charge in [0.25, 0.3) is 0 Å². The molecule has 0 bridgehead atoms. The van der Waals surface area contributed by atoms with Crippen molar-refractivity contribution in [3.8, 4) is 5.75 Å². The molecule has 0 heterocycles. The lowest BCUT2D eigenvalue weighted by Crippen LogP contribution is -2.31. The molecule has 2 unspecified atom stereocenters. The lowest BCUT2D eigenvalue weighted by molar-refractivity contribution is -0.160. The van der Waals surface area contributed by atoms with E-state index in [-0.39, 0.29) is 17.9 Å². The lowest BCUT2D eigenvalue weighted by atomic mass is 10.1. The van der Waals surface area contributed by atoms with Crippen LogP contribution in [0.2, 0.25) is 0 Å². The predicted molar refractivity (Wildman–Crippen MR) is 66.8 cm³/mol. The zero-order valence-electron chi connectivity index (χ0n) is 10.8. The first-order valence-corrected chi connectivity index (χ1v) is 5.87. The number of carbonyl (C=O) groups is 2. The van der Waals surface area contributed by atoms with E-state index in [9.17, 15) is 19.8 Å². The molecule has 0 saturated heterocycles. The smallest absolute Gasteiger partial charge is 0.339 e. The molecule has 1 rings (SSSR count). The fourth-order valence-corrected chi connectivity index (χ4v) is 1.42. The number of rotatable bonds is 6. The summed E-state index contributed by atoms with van der Waals surface area (Å²) in [7, 11) is 0. The average molecular weight is 284 g/mol. The summed E-state index contributed by atoms with van der Waals surface area (Å²) in [6.45, 7) is 1.07. The molecule has 0 aliphatic rings. The Morgan fingerprint density at radius 2 is 1.75 bits per heavy atom. The summed E-state index contributed by atoms with van der Waals surface area (Å²) in [6.07, 6.45) is -3.18. The molecule has 0 amide bonds. The predicted octanol–water partition coefficient (Wildman–Crippen LogP) is 0.0504. The number of ether oxygens (including phenoxy) is 1. The summed E-state index contributed by atoms with van der Waals surface area (Å²) in [4.78, 5) is 22.1. The first kappa shape index (κ1) is 15.9. The number of aliphatic hydroxyl groups is 2. The second kappa shape index (κ2) is 6.88. The van der Waals surface area contributed by atoms with Crippen molar-refractivity contribution in [2.45, 2.75) is 19.1 Å². The van der Waals surface area contributed by atoms with Crippen LogP contribution in [0.1, 0.15) is 18.6 Å². The number of hydrogen-bond donors (Lipinski definition) is 4. The number of phenolic OH excluding ortho intramolecular Hbond substituents is 1. The van der Waals surface area contributed by atoms with E-state index in [1.807, 2.05) is 0 Å². The van der Waals surface area contributed by atoms with Crippen molar-refractivity contribution in [2.24, 2.45) is 5.92 Å². The zero-order valence-corrected chi connectivity index (χ0v) is 10.8. The van der Waals surface area contributed by atoms with E-state index >= 15 is 0 Å². The van der Waals surface area contributed by atoms with Crippen LogP contribution in [0, 0.1) is 5.92 Å². The second-order valence-electron chi connectivity index (χ2n) is 4.38. The fraction of sp³-hybridized carbons (Fsp3) is 0.385. The minimum atomic E-state index is -1.64. The van der Waals surface area contributed by atoms with Crippen LogP contribution in [0.5, 0.6) is 5.75 Å². The van der Waals surface area contributed by atoms with Crippen LogP contribution in [0.25, 0.3) is 0 Å². The topological polar surface area (TPSA) is 124 Å². The van der Waals surface area contributed by atoms with Crippen molar-refractivity contribution in [3.05, 3.63) is 29.8 Å². The van der Waals surface area contributed by atoms with Gasteiger partial charge < -0.3 is 25.2 Å². The number of aliphatic hydroxyl groups excluding tert-OH is 2. The molecule has 0 radical (unpaired) electrons. The van der Waals surface area contributed by atoms with Gasteiger partial charge in [-0.2, -0.15) is 0 Å². The Morgan fingerprint density at radius 3 is 2.25 bits per heavy atom. The fourth-order valence-electron chi connectivity index (χ4n) is 1.42. The Balaban J connectivity index is 2.54. The van der Waals surface area contributed by atoms with Crippen LogP contribution < -0.4 is 0 Å². The van der Waals surface area contributed by atoms with Gasteiger partial charge in [0.1, 0.15) is 5.75 Å². The zero-order chi connectivity index (χ0) is 15.3. The van der Waals surface area contributed by atoms with Crippen molar-refractivity contribution < 1.29 is 34.8 Å². The van der Waals surface area contributed by atoms with E-state index in [1.54, 1.807) is 0 Å². The summed E-state index contributed by atoms with van der Waals surface area (Å²) in [5.41, 5.74) is 0.235. The Kier molecular flexibility index (Phi) is 5.48. The van der Waals surface area contributed by atoms with Crippen LogP contribution in [0.15, 0.2) is 24.3 Å². The molecule has 0 fully saturated rings. The Bertz CT molecular complexity index is 468. The molecule has 0 saturated carbocycles. The first-order chi connectivity index (χ1) is 9.32. The lowest BCUT2D eigenvalue weighted by Gasteiger charge is -2.16. The molecule has 110 valence electrons. The third-order valence-electron chi connectivity index (χ3n) is 2.71. The number of carboxylic acids is 1. The molecule has 1 aromatic carbocycles. The van der Waals surface area contributed by atoms with Gasteiger partial charge in [0.05, 0.1) is 6.61 Å². The van der Waals surface area contributed by atoms with Gasteiger partial charge in [-0.25, -0.2) is 9.59 Å². The number of esters is 1. The molecule has 1 aromatic rings. The Morgan fingerprint density at radius 1 is 1.20 bits per heavy atom. The molecule has 0 aromatic heterocycles. The first-order valence-electron chi connectivity index (χ1n) is 5.87. The molecule has 20 heavy (non-hydrogen) atoms. The number of aromatic hydroxyl groups is 1. The third-order valence-corrected chi connectivity index (χ3v) is 2.71. The van der Waals surface area contributed by atoms with E-state index in [0.29, 0.717) is 0 Å². The number of hydrogen-bond acceptors (Lipinski definition) is 6. The van der Waals surface area contributed by atoms with E-state index in [1.165, 1.54) is 31.2 Å². The minimum Gasteiger partial charge on any atom is -0.508 e. The summed E-state index contributed by atoms with van der Waals surface area (Å²) < 4.78 is 4.75. The highest BCUT2D eigenvalue weighted by Crippen LogP contribution is 2.18. The summed E-state index contributed by atoms with van der Waals surface area (Å²) >= 11 is 0. The van der Waals surface area contributed by atoms with Gasteiger partial charge in [0.2, 0.25) is 0 Å². The van der Waals surface area contributed by atoms with E-state index in [0.717, 1.165) is 0 Å². The molecule has 0 aliphatic heterocycles. The molecule has 7 heteroatoms. The van der Waals surface area contributed by atoms with E-state index < -0.39 is 30.1 Å². The van der Waals surface area contributed by atoms with Gasteiger partial charge in [-0.15, -0.1) is 0 Å². The number of carboxylic acid groups (broad SMARTS) is 1. The van der Waals surface area contributed by atoms with Crippen LogP contribution in [-0.2, 0) is 14.3 Å². The number of carbonyl (C=O) groups excluding carboxylic acids is 1. The maximum Gasteiger partial charge on any atom is 0.339 e. The Labute approximate surface area is 115 Å². The molecule has 0 aliphatic carbocycles. The standard InChI is InChI=1S/C13H16O7/c1-7(10(15)12(17)18)6-20-13(19)11(16)8-2-4-9(14)5-3-8/h2-5,7,10-11,14-16H,6H2,1H3,(H,17,18)/t7?,10?,11-/m1/s1. The summed E-state index contributed by atoms with van der Waals surface area (Å²) in [6, 6.07) is 5.33. The molecule has 7 nitrogen and oxygen atoms in total. The van der Waals surface area contributed by atoms with Crippen molar-refractivity contribution in [3.63, 3.8) is 0 Å². The van der Waals surface area contributed by atoms with Crippen LogP contribution >= 0.6 is 0 Å². The number of aliphatic carboxylic acids is 1. The molecule has 0 spiro atoms. The number of phenols is 1. The largest absolute Gasteiger partial charge is 0.508 e. The SMILES string of the molecule is CC(COC(=O)[C@H](O)c1ccc(O)cc1)C(O)C(=O)O. The van der Waals surface area contributed by atoms with Gasteiger partial charge >= 0.3 is 11.9 Å². The maximum absolute atomic E-state index is 11.6. The molecular formula is C13H16O7. The van der Waals surface area contributed by atoms with Crippen molar-refractivity contribution in [2.75, 3.05) is 6.61 Å². The van der Waals surface area contributed by atoms with E-state index in [4.69, 9.17) is 14.9 Å². The summed E-state index contributed by atoms with van der Waals surface area (Å²) in [5.74, 6) is -3.18. The average Bonchev–Trinajstić information content (AvgIpc) is 2.43. The second-order valence-corrected chi connectivity index (χ2v) is 4.38. The van der Waals surface area contributed by atoms with Crippen molar-refractivity contribution in [1.29, 1.82) is 0 Å². The van der Waals surface area contributed by atoms with Gasteiger partial charge in [0.15, 0.2) is 12.2 Å².